The van der Waals surface area contributed by atoms with Crippen molar-refractivity contribution in [2.24, 2.45) is 5.92 Å². The highest BCUT2D eigenvalue weighted by Gasteiger charge is 2.17. The van der Waals surface area contributed by atoms with Gasteiger partial charge in [-0.15, -0.1) is 10.2 Å². The van der Waals surface area contributed by atoms with Gasteiger partial charge in [0.05, 0.1) is 11.4 Å². The first-order valence-corrected chi connectivity index (χ1v) is 10.6. The Morgan fingerprint density at radius 2 is 1.93 bits per heavy atom. The van der Waals surface area contributed by atoms with Crippen LogP contribution < -0.4 is 5.32 Å². The number of rotatable bonds is 7. The minimum atomic E-state index is -0.261. The lowest BCUT2D eigenvalue weighted by molar-refractivity contribution is -0.113. The fourth-order valence-corrected chi connectivity index (χ4v) is 3.69. The Balaban J connectivity index is 1.75. The monoisotopic (exact) mass is 430 g/mol. The highest BCUT2D eigenvalue weighted by molar-refractivity contribution is 7.99. The molecule has 3 rings (SSSR count). The quantitative estimate of drug-likeness (QED) is 0.407. The van der Waals surface area contributed by atoms with Crippen LogP contribution in [0.2, 0.25) is 5.02 Å². The molecule has 2 N–H and O–H groups in total. The number of phenols is 1. The summed E-state index contributed by atoms with van der Waals surface area (Å²) in [5.74, 6) is 1.03. The maximum absolute atomic E-state index is 12.4. The summed E-state index contributed by atoms with van der Waals surface area (Å²) in [4.78, 5) is 12.4. The van der Waals surface area contributed by atoms with Gasteiger partial charge in [0.1, 0.15) is 5.75 Å². The number of nitrogens with one attached hydrogen (secondary N) is 1. The lowest BCUT2D eigenvalue weighted by Crippen LogP contribution is -2.15. The first-order chi connectivity index (χ1) is 13.8. The normalized spacial score (nSPS) is 11.1. The van der Waals surface area contributed by atoms with Crippen molar-refractivity contribution in [3.05, 3.63) is 53.1 Å². The van der Waals surface area contributed by atoms with Crippen LogP contribution in [0.5, 0.6) is 5.75 Å². The molecule has 8 heteroatoms. The van der Waals surface area contributed by atoms with Gasteiger partial charge < -0.3 is 15.0 Å². The van der Waals surface area contributed by atoms with E-state index in [0.717, 1.165) is 17.9 Å². The number of halogens is 1. The predicted octanol–water partition coefficient (Wildman–Crippen LogP) is 5.00. The van der Waals surface area contributed by atoms with Crippen LogP contribution in [0.1, 0.15) is 19.4 Å². The molecule has 0 radical (unpaired) electrons. The summed E-state index contributed by atoms with van der Waals surface area (Å²) in [5, 5.41) is 22.3. The molecule has 1 heterocycles. The minimum absolute atomic E-state index is 0.0302. The number of hydrogen-bond donors (Lipinski definition) is 2. The van der Waals surface area contributed by atoms with E-state index in [4.69, 9.17) is 11.6 Å². The average Bonchev–Trinajstić information content (AvgIpc) is 3.05. The summed E-state index contributed by atoms with van der Waals surface area (Å²) in [5.41, 5.74) is 2.45. The van der Waals surface area contributed by atoms with Crippen LogP contribution in [0.15, 0.2) is 47.6 Å². The topological polar surface area (TPSA) is 80.0 Å². The van der Waals surface area contributed by atoms with Gasteiger partial charge in [-0.1, -0.05) is 67.0 Å². The van der Waals surface area contributed by atoms with E-state index in [1.807, 2.05) is 35.8 Å². The molecule has 0 unspecified atom stereocenters. The summed E-state index contributed by atoms with van der Waals surface area (Å²) < 4.78 is 2.05. The third-order valence-electron chi connectivity index (χ3n) is 4.14. The number of carbonyl (C=O) groups is 1. The van der Waals surface area contributed by atoms with E-state index >= 15 is 0 Å². The highest BCUT2D eigenvalue weighted by Crippen LogP contribution is 2.28. The van der Waals surface area contributed by atoms with Crippen LogP contribution in [-0.2, 0) is 11.3 Å². The van der Waals surface area contributed by atoms with Crippen LogP contribution in [0.3, 0.4) is 0 Å². The number of thioether (sulfide) groups is 1. The molecule has 6 nitrogen and oxygen atoms in total. The molecule has 0 bridgehead atoms. The Labute approximate surface area is 179 Å². The molecule has 1 amide bonds. The van der Waals surface area contributed by atoms with Crippen molar-refractivity contribution in [1.29, 1.82) is 0 Å². The Morgan fingerprint density at radius 3 is 2.62 bits per heavy atom. The van der Waals surface area contributed by atoms with Gasteiger partial charge in [-0.25, -0.2) is 0 Å². The Kier molecular flexibility index (Phi) is 6.82. The third kappa shape index (κ3) is 5.52. The van der Waals surface area contributed by atoms with Crippen molar-refractivity contribution in [2.75, 3.05) is 11.1 Å². The number of benzene rings is 2. The average molecular weight is 431 g/mol. The van der Waals surface area contributed by atoms with E-state index in [0.29, 0.717) is 16.1 Å². The first-order valence-electron chi connectivity index (χ1n) is 9.25. The van der Waals surface area contributed by atoms with Gasteiger partial charge in [0.2, 0.25) is 5.91 Å². The van der Waals surface area contributed by atoms with E-state index in [1.165, 1.54) is 29.5 Å². The van der Waals surface area contributed by atoms with Gasteiger partial charge in [0, 0.05) is 17.1 Å². The molecule has 0 aliphatic carbocycles. The van der Waals surface area contributed by atoms with Gasteiger partial charge in [0.25, 0.3) is 0 Å². The highest BCUT2D eigenvalue weighted by atomic mass is 35.5. The zero-order valence-electron chi connectivity index (χ0n) is 16.5. The fourth-order valence-electron chi connectivity index (χ4n) is 2.77. The number of amides is 1. The number of aryl methyl sites for hydroxylation is 1. The van der Waals surface area contributed by atoms with Crippen molar-refractivity contribution in [3.63, 3.8) is 0 Å². The molecular weight excluding hydrogens is 408 g/mol. The number of nitrogens with zero attached hydrogens (tertiary/aromatic N) is 3. The molecular formula is C21H23ClN4O2S. The number of hydrogen-bond acceptors (Lipinski definition) is 5. The van der Waals surface area contributed by atoms with E-state index in [1.54, 1.807) is 6.07 Å². The number of aromatic nitrogens is 3. The Bertz CT molecular complexity index is 1000. The molecule has 1 aromatic heterocycles. The summed E-state index contributed by atoms with van der Waals surface area (Å²) in [6, 6.07) is 12.7. The van der Waals surface area contributed by atoms with Crippen molar-refractivity contribution < 1.29 is 9.90 Å². The Morgan fingerprint density at radius 1 is 1.21 bits per heavy atom. The molecule has 29 heavy (non-hydrogen) atoms. The Hall–Kier alpha value is -2.51. The summed E-state index contributed by atoms with van der Waals surface area (Å²) in [6.07, 6.45) is 0. The van der Waals surface area contributed by atoms with Gasteiger partial charge in [-0.05, 0) is 31.0 Å². The second-order valence-corrected chi connectivity index (χ2v) is 8.55. The van der Waals surface area contributed by atoms with Gasteiger partial charge in [0.15, 0.2) is 11.0 Å². The van der Waals surface area contributed by atoms with E-state index in [2.05, 4.69) is 29.4 Å². The minimum Gasteiger partial charge on any atom is -0.506 e. The smallest absolute Gasteiger partial charge is 0.234 e. The van der Waals surface area contributed by atoms with Crippen molar-refractivity contribution >= 4 is 35.0 Å². The van der Waals surface area contributed by atoms with Gasteiger partial charge in [-0.2, -0.15) is 0 Å². The lowest BCUT2D eigenvalue weighted by atomic mass is 10.1. The molecule has 0 saturated carbocycles. The maximum Gasteiger partial charge on any atom is 0.234 e. The van der Waals surface area contributed by atoms with E-state index in [9.17, 15) is 9.90 Å². The molecule has 2 aromatic carbocycles. The molecule has 0 aliphatic rings. The summed E-state index contributed by atoms with van der Waals surface area (Å²) >= 11 is 7.23. The maximum atomic E-state index is 12.4. The van der Waals surface area contributed by atoms with Crippen LogP contribution in [0, 0.1) is 12.8 Å². The zero-order valence-corrected chi connectivity index (χ0v) is 18.1. The molecule has 0 fully saturated rings. The van der Waals surface area contributed by atoms with Gasteiger partial charge in [-0.3, -0.25) is 4.79 Å². The number of aromatic hydroxyl groups is 1. The molecule has 152 valence electrons. The molecule has 0 spiro atoms. The van der Waals surface area contributed by atoms with Crippen LogP contribution in [0.25, 0.3) is 11.4 Å². The van der Waals surface area contributed by atoms with Crippen LogP contribution in [-0.4, -0.2) is 31.5 Å². The third-order valence-corrected chi connectivity index (χ3v) is 5.34. The summed E-state index contributed by atoms with van der Waals surface area (Å²) in [7, 11) is 0. The fraction of sp³-hybridized carbons (Fsp3) is 0.286. The predicted molar refractivity (Wildman–Crippen MR) is 118 cm³/mol. The first kappa shape index (κ1) is 21.2. The largest absolute Gasteiger partial charge is 0.506 e. The molecule has 3 aromatic rings. The van der Waals surface area contributed by atoms with Gasteiger partial charge >= 0.3 is 0 Å². The second kappa shape index (κ2) is 9.33. The van der Waals surface area contributed by atoms with Crippen molar-refractivity contribution in [1.82, 2.24) is 14.8 Å². The van der Waals surface area contributed by atoms with Crippen molar-refractivity contribution in [3.8, 4) is 17.1 Å². The van der Waals surface area contributed by atoms with Crippen molar-refractivity contribution in [2.45, 2.75) is 32.5 Å². The lowest BCUT2D eigenvalue weighted by Gasteiger charge is -2.13. The van der Waals surface area contributed by atoms with Crippen LogP contribution >= 0.6 is 23.4 Å². The molecule has 0 atom stereocenters. The van der Waals surface area contributed by atoms with E-state index < -0.39 is 0 Å². The number of anilines is 1. The SMILES string of the molecule is Cc1ccc(-c2nnc(SCC(=O)Nc3cc(Cl)ccc3O)n2CC(C)C)cc1. The number of carbonyl (C=O) groups excluding carboxylic acids is 1. The molecule has 0 aliphatic heterocycles. The number of phenolic OH excluding ortho intramolecular Hbond substituents is 1. The van der Waals surface area contributed by atoms with Crippen LogP contribution in [0.4, 0.5) is 5.69 Å². The molecule has 0 saturated heterocycles. The second-order valence-electron chi connectivity index (χ2n) is 7.17. The zero-order chi connectivity index (χ0) is 21.0. The van der Waals surface area contributed by atoms with E-state index in [-0.39, 0.29) is 23.1 Å². The standard InChI is InChI=1S/C21H23ClN4O2S/c1-13(2)11-26-20(15-6-4-14(3)5-7-15)24-25-21(26)29-12-19(28)23-17-10-16(22)8-9-18(17)27/h4-10,13,27H,11-12H2,1-3H3,(H,23,28). The summed E-state index contributed by atoms with van der Waals surface area (Å²) in [6.45, 7) is 7.04.